The van der Waals surface area contributed by atoms with Gasteiger partial charge in [-0.05, 0) is 48.5 Å². The summed E-state index contributed by atoms with van der Waals surface area (Å²) >= 11 is 5.91. The van der Waals surface area contributed by atoms with Crippen molar-refractivity contribution in [3.8, 4) is 0 Å². The van der Waals surface area contributed by atoms with Crippen LogP contribution in [0.5, 0.6) is 0 Å². The Morgan fingerprint density at radius 1 is 0.963 bits per heavy atom. The first kappa shape index (κ1) is 18.4. The van der Waals surface area contributed by atoms with Crippen LogP contribution in [0.4, 0.5) is 17.2 Å². The first-order valence-corrected chi connectivity index (χ1v) is 8.41. The molecule has 7 heteroatoms. The topological polar surface area (TPSA) is 80.3 Å². The van der Waals surface area contributed by atoms with Crippen molar-refractivity contribution in [1.82, 2.24) is 4.98 Å². The summed E-state index contributed by atoms with van der Waals surface area (Å²) in [6.07, 6.45) is 1.46. The third-order valence-electron chi connectivity index (χ3n) is 3.66. The number of carbonyl (C=O) groups excluding carboxylic acids is 2. The number of aromatic nitrogens is 1. The van der Waals surface area contributed by atoms with Gasteiger partial charge in [-0.2, -0.15) is 0 Å². The van der Waals surface area contributed by atoms with Gasteiger partial charge >= 0.3 is 5.97 Å². The third-order valence-corrected chi connectivity index (χ3v) is 3.90. The van der Waals surface area contributed by atoms with Crippen LogP contribution in [0.1, 0.15) is 20.7 Å². The molecular formula is C20H16ClN3O3. The number of rotatable bonds is 5. The molecule has 0 bridgehead atoms. The number of hydrogen-bond acceptors (Lipinski definition) is 5. The van der Waals surface area contributed by atoms with Crippen LogP contribution < -0.4 is 10.6 Å². The molecule has 0 aliphatic rings. The minimum Gasteiger partial charge on any atom is -0.465 e. The van der Waals surface area contributed by atoms with Crippen LogP contribution in [-0.2, 0) is 4.74 Å². The number of anilines is 3. The fraction of sp³-hybridized carbons (Fsp3) is 0.0500. The van der Waals surface area contributed by atoms with Crippen LogP contribution in [0.3, 0.4) is 0 Å². The van der Waals surface area contributed by atoms with Crippen molar-refractivity contribution >= 4 is 40.7 Å². The summed E-state index contributed by atoms with van der Waals surface area (Å²) in [5.74, 6) is -0.167. The number of pyridine rings is 1. The zero-order chi connectivity index (χ0) is 19.2. The van der Waals surface area contributed by atoms with Crippen molar-refractivity contribution in [2.75, 3.05) is 17.7 Å². The minimum atomic E-state index is -0.417. The monoisotopic (exact) mass is 381 g/mol. The molecule has 1 heterocycles. The van der Waals surface area contributed by atoms with Gasteiger partial charge in [0, 0.05) is 22.6 Å². The standard InChI is InChI=1S/C20H16ClN3O3/c1-27-20(26)13-4-2-6-16(10-13)23-18-9-8-14(12-22-18)19(25)24-17-7-3-5-15(21)11-17/h2-12H,1H3,(H,22,23)(H,24,25). The Labute approximate surface area is 161 Å². The average Bonchev–Trinajstić information content (AvgIpc) is 2.68. The van der Waals surface area contributed by atoms with Gasteiger partial charge < -0.3 is 15.4 Å². The maximum atomic E-state index is 12.3. The van der Waals surface area contributed by atoms with E-state index in [9.17, 15) is 9.59 Å². The summed E-state index contributed by atoms with van der Waals surface area (Å²) in [6.45, 7) is 0. The normalized spacial score (nSPS) is 10.1. The number of carbonyl (C=O) groups is 2. The van der Waals surface area contributed by atoms with Crippen LogP contribution in [0, 0.1) is 0 Å². The molecule has 3 rings (SSSR count). The molecule has 2 N–H and O–H groups in total. The van der Waals surface area contributed by atoms with E-state index >= 15 is 0 Å². The van der Waals surface area contributed by atoms with Crippen molar-refractivity contribution in [3.05, 3.63) is 83.0 Å². The first-order valence-electron chi connectivity index (χ1n) is 8.03. The number of methoxy groups -OCH3 is 1. The van der Waals surface area contributed by atoms with Gasteiger partial charge in [0.1, 0.15) is 5.82 Å². The predicted molar refractivity (Wildman–Crippen MR) is 105 cm³/mol. The van der Waals surface area contributed by atoms with Gasteiger partial charge in [0.25, 0.3) is 5.91 Å². The molecule has 1 amide bonds. The molecule has 6 nitrogen and oxygen atoms in total. The highest BCUT2D eigenvalue weighted by Crippen LogP contribution is 2.18. The summed E-state index contributed by atoms with van der Waals surface area (Å²) in [5, 5.41) is 6.38. The lowest BCUT2D eigenvalue weighted by atomic mass is 10.2. The molecule has 1 aromatic heterocycles. The lowest BCUT2D eigenvalue weighted by Gasteiger charge is -2.08. The molecule has 0 atom stereocenters. The molecule has 27 heavy (non-hydrogen) atoms. The maximum Gasteiger partial charge on any atom is 0.337 e. The van der Waals surface area contributed by atoms with Crippen molar-refractivity contribution in [2.24, 2.45) is 0 Å². The lowest BCUT2D eigenvalue weighted by molar-refractivity contribution is 0.0600. The summed E-state index contributed by atoms with van der Waals surface area (Å²) in [5.41, 5.74) is 2.12. The minimum absolute atomic E-state index is 0.288. The van der Waals surface area contributed by atoms with E-state index in [4.69, 9.17) is 16.3 Å². The van der Waals surface area contributed by atoms with Crippen LogP contribution in [-0.4, -0.2) is 24.0 Å². The van der Waals surface area contributed by atoms with E-state index in [2.05, 4.69) is 15.6 Å². The van der Waals surface area contributed by atoms with E-state index in [0.717, 1.165) is 0 Å². The molecule has 3 aromatic rings. The second-order valence-electron chi connectivity index (χ2n) is 5.59. The molecule has 136 valence electrons. The summed E-state index contributed by atoms with van der Waals surface area (Å²) < 4.78 is 4.70. The molecule has 0 saturated carbocycles. The van der Waals surface area contributed by atoms with E-state index in [1.807, 2.05) is 0 Å². The zero-order valence-electron chi connectivity index (χ0n) is 14.4. The largest absolute Gasteiger partial charge is 0.465 e. The number of benzene rings is 2. The van der Waals surface area contributed by atoms with Crippen molar-refractivity contribution in [3.63, 3.8) is 0 Å². The van der Waals surface area contributed by atoms with Crippen molar-refractivity contribution in [1.29, 1.82) is 0 Å². The second kappa shape index (κ2) is 8.33. The predicted octanol–water partition coefficient (Wildman–Crippen LogP) is 4.52. The van der Waals surface area contributed by atoms with E-state index in [-0.39, 0.29) is 5.91 Å². The van der Waals surface area contributed by atoms with Gasteiger partial charge in [-0.15, -0.1) is 0 Å². The molecule has 0 aliphatic carbocycles. The smallest absolute Gasteiger partial charge is 0.337 e. The van der Waals surface area contributed by atoms with Crippen LogP contribution >= 0.6 is 11.6 Å². The highest BCUT2D eigenvalue weighted by Gasteiger charge is 2.09. The fourth-order valence-corrected chi connectivity index (χ4v) is 2.55. The number of hydrogen-bond donors (Lipinski definition) is 2. The van der Waals surface area contributed by atoms with Gasteiger partial charge in [0.15, 0.2) is 0 Å². The van der Waals surface area contributed by atoms with E-state index in [1.54, 1.807) is 60.7 Å². The number of nitrogens with one attached hydrogen (secondary N) is 2. The lowest BCUT2D eigenvalue weighted by Crippen LogP contribution is -2.12. The molecule has 0 fully saturated rings. The van der Waals surface area contributed by atoms with Gasteiger partial charge in [-0.25, -0.2) is 9.78 Å². The van der Waals surface area contributed by atoms with Crippen LogP contribution in [0.15, 0.2) is 66.9 Å². The summed E-state index contributed by atoms with van der Waals surface area (Å²) in [6, 6.07) is 17.1. The van der Waals surface area contributed by atoms with E-state index < -0.39 is 5.97 Å². The van der Waals surface area contributed by atoms with Crippen molar-refractivity contribution < 1.29 is 14.3 Å². The maximum absolute atomic E-state index is 12.3. The second-order valence-corrected chi connectivity index (χ2v) is 6.03. The number of halogens is 1. The quantitative estimate of drug-likeness (QED) is 0.635. The van der Waals surface area contributed by atoms with Gasteiger partial charge in [0.05, 0.1) is 18.2 Å². The molecule has 0 spiro atoms. The molecule has 0 saturated heterocycles. The Hall–Kier alpha value is -3.38. The van der Waals surface area contributed by atoms with Crippen molar-refractivity contribution in [2.45, 2.75) is 0 Å². The first-order chi connectivity index (χ1) is 13.0. The molecule has 0 unspecified atom stereocenters. The number of esters is 1. The number of amides is 1. The molecule has 2 aromatic carbocycles. The molecular weight excluding hydrogens is 366 g/mol. The van der Waals surface area contributed by atoms with E-state index in [1.165, 1.54) is 13.3 Å². The summed E-state index contributed by atoms with van der Waals surface area (Å²) in [4.78, 5) is 28.1. The van der Waals surface area contributed by atoms with Gasteiger partial charge in [-0.3, -0.25) is 4.79 Å². The highest BCUT2D eigenvalue weighted by molar-refractivity contribution is 6.31. The Morgan fingerprint density at radius 3 is 2.44 bits per heavy atom. The SMILES string of the molecule is COC(=O)c1cccc(Nc2ccc(C(=O)Nc3cccc(Cl)c3)cn2)c1. The van der Waals surface area contributed by atoms with Gasteiger partial charge in [-0.1, -0.05) is 23.7 Å². The summed E-state index contributed by atoms with van der Waals surface area (Å²) in [7, 11) is 1.33. The van der Waals surface area contributed by atoms with Crippen LogP contribution in [0.2, 0.25) is 5.02 Å². The molecule has 0 aliphatic heterocycles. The fourth-order valence-electron chi connectivity index (χ4n) is 2.36. The Bertz CT molecular complexity index is 974. The third kappa shape index (κ3) is 4.83. The molecule has 0 radical (unpaired) electrons. The Balaban J connectivity index is 1.68. The average molecular weight is 382 g/mol. The Kier molecular flexibility index (Phi) is 5.68. The zero-order valence-corrected chi connectivity index (χ0v) is 15.2. The number of ether oxygens (including phenoxy) is 1. The van der Waals surface area contributed by atoms with E-state index in [0.29, 0.717) is 33.3 Å². The highest BCUT2D eigenvalue weighted by atomic mass is 35.5. The van der Waals surface area contributed by atoms with Gasteiger partial charge in [0.2, 0.25) is 0 Å². The number of nitrogens with zero attached hydrogens (tertiary/aromatic N) is 1. The van der Waals surface area contributed by atoms with Crippen LogP contribution in [0.25, 0.3) is 0 Å². The Morgan fingerprint density at radius 2 is 1.74 bits per heavy atom.